The number of nitrogens with zero attached hydrogens (tertiary/aromatic N) is 2. The van der Waals surface area contributed by atoms with Crippen molar-refractivity contribution in [1.29, 1.82) is 0 Å². The van der Waals surface area contributed by atoms with Gasteiger partial charge in [0.1, 0.15) is 23.9 Å². The summed E-state index contributed by atoms with van der Waals surface area (Å²) in [6.45, 7) is 4.63. The van der Waals surface area contributed by atoms with Gasteiger partial charge in [-0.1, -0.05) is 12.1 Å². The van der Waals surface area contributed by atoms with E-state index >= 15 is 0 Å². The molecule has 0 aliphatic heterocycles. The monoisotopic (exact) mass is 485 g/mol. The van der Waals surface area contributed by atoms with Gasteiger partial charge in [0, 0.05) is 13.6 Å². The average molecular weight is 485 g/mol. The van der Waals surface area contributed by atoms with Crippen molar-refractivity contribution in [2.45, 2.75) is 13.5 Å². The van der Waals surface area contributed by atoms with Gasteiger partial charge in [0.25, 0.3) is 0 Å². The Morgan fingerprint density at radius 3 is 2.30 bits per heavy atom. The Kier molecular flexibility index (Phi) is 10.4. The lowest BCUT2D eigenvalue weighted by Crippen LogP contribution is -2.40. The highest BCUT2D eigenvalue weighted by Gasteiger charge is 2.06. The number of benzene rings is 2. The van der Waals surface area contributed by atoms with E-state index in [0.717, 1.165) is 29.6 Å². The van der Waals surface area contributed by atoms with Crippen molar-refractivity contribution in [2.75, 3.05) is 33.9 Å². The predicted molar refractivity (Wildman–Crippen MR) is 119 cm³/mol. The number of phenolic OH excluding ortho intramolecular Hbond substituents is 1. The zero-order chi connectivity index (χ0) is 18.8. The second kappa shape index (κ2) is 12.3. The highest BCUT2D eigenvalue weighted by molar-refractivity contribution is 14.0. The van der Waals surface area contributed by atoms with Crippen molar-refractivity contribution in [2.24, 2.45) is 4.99 Å². The van der Waals surface area contributed by atoms with Crippen LogP contribution in [0.3, 0.4) is 0 Å². The number of rotatable bonds is 8. The molecule has 6 nitrogen and oxygen atoms in total. The number of hydrogen-bond donors (Lipinski definition) is 2. The zero-order valence-electron chi connectivity index (χ0n) is 16.0. The fraction of sp³-hybridized carbons (Fsp3) is 0.350. The first-order valence-corrected chi connectivity index (χ1v) is 8.66. The molecule has 0 unspecified atom stereocenters. The molecule has 0 amide bonds. The predicted octanol–water partition coefficient (Wildman–Crippen LogP) is 3.50. The molecule has 2 aromatic rings. The normalized spacial score (nSPS) is 10.7. The molecule has 0 saturated carbocycles. The molecule has 0 radical (unpaired) electrons. The molecule has 2 aromatic carbocycles. The first kappa shape index (κ1) is 22.9. The lowest BCUT2D eigenvalue weighted by atomic mass is 10.2. The molecule has 0 heterocycles. The van der Waals surface area contributed by atoms with Crippen molar-refractivity contribution in [3.63, 3.8) is 0 Å². The van der Waals surface area contributed by atoms with Crippen LogP contribution in [0.5, 0.6) is 17.2 Å². The zero-order valence-corrected chi connectivity index (χ0v) is 18.3. The highest BCUT2D eigenvalue weighted by Crippen LogP contribution is 2.16. The van der Waals surface area contributed by atoms with E-state index < -0.39 is 0 Å². The van der Waals surface area contributed by atoms with Crippen LogP contribution >= 0.6 is 24.0 Å². The topological polar surface area (TPSA) is 66.3 Å². The Hall–Kier alpha value is -2.16. The summed E-state index contributed by atoms with van der Waals surface area (Å²) in [5.41, 5.74) is 1.04. The highest BCUT2D eigenvalue weighted by atomic mass is 127. The van der Waals surface area contributed by atoms with E-state index in [1.54, 1.807) is 19.2 Å². The summed E-state index contributed by atoms with van der Waals surface area (Å²) in [5, 5.41) is 12.6. The Balaban J connectivity index is 0.00000364. The van der Waals surface area contributed by atoms with Crippen molar-refractivity contribution in [1.82, 2.24) is 10.2 Å². The Bertz CT molecular complexity index is 691. The van der Waals surface area contributed by atoms with E-state index in [1.807, 2.05) is 55.3 Å². The Morgan fingerprint density at radius 2 is 1.70 bits per heavy atom. The van der Waals surface area contributed by atoms with Crippen LogP contribution < -0.4 is 14.8 Å². The fourth-order valence-electron chi connectivity index (χ4n) is 2.32. The van der Waals surface area contributed by atoms with Crippen LogP contribution in [0.25, 0.3) is 0 Å². The molecular formula is C20H28IN3O3. The smallest absolute Gasteiger partial charge is 0.194 e. The number of halogens is 1. The number of phenols is 1. The van der Waals surface area contributed by atoms with Gasteiger partial charge in [0.2, 0.25) is 0 Å². The summed E-state index contributed by atoms with van der Waals surface area (Å²) in [6, 6.07) is 14.6. The van der Waals surface area contributed by atoms with E-state index in [0.29, 0.717) is 19.7 Å². The second-order valence-electron chi connectivity index (χ2n) is 5.78. The van der Waals surface area contributed by atoms with Gasteiger partial charge in [0.05, 0.1) is 20.2 Å². The van der Waals surface area contributed by atoms with Crippen molar-refractivity contribution >= 4 is 29.9 Å². The molecule has 0 bridgehead atoms. The van der Waals surface area contributed by atoms with Gasteiger partial charge in [-0.15, -0.1) is 24.0 Å². The number of aromatic hydroxyl groups is 1. The van der Waals surface area contributed by atoms with Gasteiger partial charge in [-0.3, -0.25) is 0 Å². The van der Waals surface area contributed by atoms with E-state index in [4.69, 9.17) is 9.47 Å². The van der Waals surface area contributed by atoms with Crippen molar-refractivity contribution in [3.8, 4) is 17.2 Å². The van der Waals surface area contributed by atoms with Crippen LogP contribution in [0.2, 0.25) is 0 Å². The number of hydrogen-bond acceptors (Lipinski definition) is 4. The number of likely N-dealkylation sites (N-methyl/N-ethyl adjacent to an activating group) is 1. The Morgan fingerprint density at radius 1 is 1.07 bits per heavy atom. The molecule has 27 heavy (non-hydrogen) atoms. The molecule has 0 spiro atoms. The second-order valence-corrected chi connectivity index (χ2v) is 5.78. The maximum absolute atomic E-state index is 9.35. The third-order valence-corrected chi connectivity index (χ3v) is 3.80. The number of methoxy groups -OCH3 is 1. The van der Waals surface area contributed by atoms with Gasteiger partial charge >= 0.3 is 0 Å². The molecule has 2 N–H and O–H groups in total. The molecule has 148 valence electrons. The lowest BCUT2D eigenvalue weighted by molar-refractivity contribution is 0.281. The van der Waals surface area contributed by atoms with Crippen LogP contribution in [0.4, 0.5) is 0 Å². The number of nitrogens with one attached hydrogen (secondary N) is 1. The van der Waals surface area contributed by atoms with E-state index in [1.165, 1.54) is 0 Å². The molecule has 2 rings (SSSR count). The minimum atomic E-state index is 0. The number of ether oxygens (including phenoxy) is 2. The first-order chi connectivity index (χ1) is 12.6. The van der Waals surface area contributed by atoms with Crippen LogP contribution in [0.1, 0.15) is 12.5 Å². The van der Waals surface area contributed by atoms with Crippen LogP contribution in [0.15, 0.2) is 53.5 Å². The van der Waals surface area contributed by atoms with Gasteiger partial charge in [-0.05, 0) is 48.9 Å². The minimum Gasteiger partial charge on any atom is -0.508 e. The minimum absolute atomic E-state index is 0. The summed E-state index contributed by atoms with van der Waals surface area (Å²) in [5.74, 6) is 2.70. The SMILES string of the molecule is CCNC(=NCc1ccc(O)cc1)N(C)CCOc1ccc(OC)cc1.I. The summed E-state index contributed by atoms with van der Waals surface area (Å²) < 4.78 is 10.9. The molecule has 0 aliphatic rings. The van der Waals surface area contributed by atoms with Crippen molar-refractivity contribution in [3.05, 3.63) is 54.1 Å². The Labute approximate surface area is 178 Å². The van der Waals surface area contributed by atoms with Crippen molar-refractivity contribution < 1.29 is 14.6 Å². The molecule has 0 atom stereocenters. The first-order valence-electron chi connectivity index (χ1n) is 8.66. The third kappa shape index (κ3) is 7.94. The molecule has 0 aliphatic carbocycles. The lowest BCUT2D eigenvalue weighted by Gasteiger charge is -2.22. The van der Waals surface area contributed by atoms with Crippen LogP contribution in [-0.4, -0.2) is 49.8 Å². The van der Waals surface area contributed by atoms with Gasteiger partial charge in [-0.2, -0.15) is 0 Å². The summed E-state index contributed by atoms with van der Waals surface area (Å²) in [7, 11) is 3.63. The molecule has 0 aromatic heterocycles. The van der Waals surface area contributed by atoms with Crippen LogP contribution in [-0.2, 0) is 6.54 Å². The standard InChI is InChI=1S/C20H27N3O3.HI/c1-4-21-20(22-15-16-5-7-17(24)8-6-16)23(2)13-14-26-19-11-9-18(25-3)10-12-19;/h5-12,24H,4,13-15H2,1-3H3,(H,21,22);1H. The van der Waals surface area contributed by atoms with E-state index in [2.05, 4.69) is 10.3 Å². The average Bonchev–Trinajstić information content (AvgIpc) is 2.67. The summed E-state index contributed by atoms with van der Waals surface area (Å²) in [4.78, 5) is 6.67. The molecular weight excluding hydrogens is 457 g/mol. The molecule has 0 saturated heterocycles. The molecule has 7 heteroatoms. The van der Waals surface area contributed by atoms with Crippen LogP contribution in [0, 0.1) is 0 Å². The third-order valence-electron chi connectivity index (χ3n) is 3.80. The maximum atomic E-state index is 9.35. The van der Waals surface area contributed by atoms with Gasteiger partial charge in [0.15, 0.2) is 5.96 Å². The number of aliphatic imine (C=N–C) groups is 1. The summed E-state index contributed by atoms with van der Waals surface area (Å²) in [6.07, 6.45) is 0. The van der Waals surface area contributed by atoms with Gasteiger partial charge in [-0.25, -0.2) is 4.99 Å². The number of guanidine groups is 1. The van der Waals surface area contributed by atoms with E-state index in [9.17, 15) is 5.11 Å². The summed E-state index contributed by atoms with van der Waals surface area (Å²) >= 11 is 0. The quantitative estimate of drug-likeness (QED) is 0.341. The maximum Gasteiger partial charge on any atom is 0.194 e. The largest absolute Gasteiger partial charge is 0.508 e. The van der Waals surface area contributed by atoms with E-state index in [-0.39, 0.29) is 29.7 Å². The molecule has 0 fully saturated rings. The fourth-order valence-corrected chi connectivity index (χ4v) is 2.32. The van der Waals surface area contributed by atoms with Gasteiger partial charge < -0.3 is 24.8 Å².